The molecule has 0 saturated carbocycles. The van der Waals surface area contributed by atoms with Gasteiger partial charge in [-0.05, 0) is 57.8 Å². The Bertz CT molecular complexity index is 297. The molecular formula is C16H32N4O. The fourth-order valence-electron chi connectivity index (χ4n) is 3.19. The number of carbonyl (C=O) groups is 1. The summed E-state index contributed by atoms with van der Waals surface area (Å²) in [6, 6.07) is -0.0163. The topological polar surface area (TPSA) is 47.6 Å². The minimum atomic E-state index is -0.0163. The zero-order chi connectivity index (χ0) is 14.9. The second-order valence-corrected chi connectivity index (χ2v) is 6.61. The average Bonchev–Trinajstić information content (AvgIpc) is 2.50. The molecule has 0 unspecified atom stereocenters. The summed E-state index contributed by atoms with van der Waals surface area (Å²) in [7, 11) is 0. The minimum absolute atomic E-state index is 0.0163. The lowest BCUT2D eigenvalue weighted by molar-refractivity contribution is 0.191. The molecule has 0 aromatic rings. The van der Waals surface area contributed by atoms with Gasteiger partial charge in [-0.1, -0.05) is 13.3 Å². The molecule has 0 aromatic carbocycles. The molecule has 2 amide bonds. The van der Waals surface area contributed by atoms with Crippen LogP contribution < -0.4 is 10.6 Å². The standard InChI is InChI=1S/C16H32N4O/c1-15-5-11-20(12-6-15)14-8-18-16(21)17-7-13-19-9-3-2-4-10-19/h15H,2-14H2,1H3,(H2,17,18,21). The largest absolute Gasteiger partial charge is 0.337 e. The number of carbonyl (C=O) groups excluding carboxylic acids is 1. The Morgan fingerprint density at radius 2 is 1.43 bits per heavy atom. The fourth-order valence-corrected chi connectivity index (χ4v) is 3.19. The number of urea groups is 1. The Morgan fingerprint density at radius 3 is 2.00 bits per heavy atom. The van der Waals surface area contributed by atoms with E-state index in [1.165, 1.54) is 58.3 Å². The Labute approximate surface area is 129 Å². The number of likely N-dealkylation sites (tertiary alicyclic amines) is 2. The normalized spacial score (nSPS) is 22.1. The van der Waals surface area contributed by atoms with Gasteiger partial charge in [-0.2, -0.15) is 0 Å². The predicted molar refractivity (Wildman–Crippen MR) is 86.5 cm³/mol. The Hall–Kier alpha value is -0.810. The van der Waals surface area contributed by atoms with Gasteiger partial charge in [0.2, 0.25) is 0 Å². The Kier molecular flexibility index (Phi) is 7.30. The van der Waals surface area contributed by atoms with Crippen LogP contribution in [0.5, 0.6) is 0 Å². The van der Waals surface area contributed by atoms with E-state index in [0.29, 0.717) is 0 Å². The molecule has 2 rings (SSSR count). The molecule has 122 valence electrons. The molecule has 2 N–H and O–H groups in total. The summed E-state index contributed by atoms with van der Waals surface area (Å²) in [6.45, 7) is 10.5. The summed E-state index contributed by atoms with van der Waals surface area (Å²) in [5.74, 6) is 0.868. The van der Waals surface area contributed by atoms with Crippen LogP contribution >= 0.6 is 0 Å². The first-order chi connectivity index (χ1) is 10.2. The van der Waals surface area contributed by atoms with Gasteiger partial charge in [0.05, 0.1) is 0 Å². The molecule has 2 aliphatic heterocycles. The van der Waals surface area contributed by atoms with Crippen LogP contribution in [0.1, 0.15) is 39.0 Å². The van der Waals surface area contributed by atoms with E-state index < -0.39 is 0 Å². The molecule has 2 heterocycles. The second-order valence-electron chi connectivity index (χ2n) is 6.61. The zero-order valence-corrected chi connectivity index (χ0v) is 13.6. The van der Waals surface area contributed by atoms with E-state index in [4.69, 9.17) is 0 Å². The lowest BCUT2D eigenvalue weighted by Crippen LogP contribution is -2.44. The molecule has 0 bridgehead atoms. The maximum Gasteiger partial charge on any atom is 0.314 e. The van der Waals surface area contributed by atoms with Crippen LogP contribution in [0, 0.1) is 5.92 Å². The summed E-state index contributed by atoms with van der Waals surface area (Å²) in [4.78, 5) is 16.6. The Morgan fingerprint density at radius 1 is 0.905 bits per heavy atom. The molecule has 5 nitrogen and oxygen atoms in total. The highest BCUT2D eigenvalue weighted by molar-refractivity contribution is 5.73. The molecule has 21 heavy (non-hydrogen) atoms. The van der Waals surface area contributed by atoms with Crippen LogP contribution in [-0.2, 0) is 0 Å². The summed E-state index contributed by atoms with van der Waals surface area (Å²) in [6.07, 6.45) is 6.56. The van der Waals surface area contributed by atoms with Crippen molar-refractivity contribution in [2.75, 3.05) is 52.4 Å². The quantitative estimate of drug-likeness (QED) is 0.781. The summed E-state index contributed by atoms with van der Waals surface area (Å²) >= 11 is 0. The van der Waals surface area contributed by atoms with Gasteiger partial charge in [0.25, 0.3) is 0 Å². The van der Waals surface area contributed by atoms with Gasteiger partial charge in [-0.3, -0.25) is 0 Å². The maximum absolute atomic E-state index is 11.7. The lowest BCUT2D eigenvalue weighted by Gasteiger charge is -2.30. The first-order valence-electron chi connectivity index (χ1n) is 8.70. The number of amides is 2. The maximum atomic E-state index is 11.7. The SMILES string of the molecule is CC1CCN(CCNC(=O)NCCN2CCCCC2)CC1. The van der Waals surface area contributed by atoms with E-state index >= 15 is 0 Å². The molecule has 5 heteroatoms. The molecule has 2 fully saturated rings. The van der Waals surface area contributed by atoms with Gasteiger partial charge in [-0.25, -0.2) is 4.79 Å². The highest BCUT2D eigenvalue weighted by atomic mass is 16.2. The van der Waals surface area contributed by atoms with Gasteiger partial charge in [0.15, 0.2) is 0 Å². The van der Waals surface area contributed by atoms with Gasteiger partial charge in [0, 0.05) is 26.2 Å². The van der Waals surface area contributed by atoms with E-state index in [-0.39, 0.29) is 6.03 Å². The van der Waals surface area contributed by atoms with Crippen molar-refractivity contribution in [3.63, 3.8) is 0 Å². The third-order valence-corrected chi connectivity index (χ3v) is 4.75. The van der Waals surface area contributed by atoms with Crippen molar-refractivity contribution < 1.29 is 4.79 Å². The van der Waals surface area contributed by atoms with Gasteiger partial charge in [0.1, 0.15) is 0 Å². The monoisotopic (exact) mass is 296 g/mol. The van der Waals surface area contributed by atoms with E-state index in [0.717, 1.165) is 32.1 Å². The van der Waals surface area contributed by atoms with Crippen LogP contribution in [0.25, 0.3) is 0 Å². The molecular weight excluding hydrogens is 264 g/mol. The predicted octanol–water partition coefficient (Wildman–Crippen LogP) is 1.50. The van der Waals surface area contributed by atoms with Crippen molar-refractivity contribution in [3.05, 3.63) is 0 Å². The molecule has 0 aromatic heterocycles. The number of hydrogen-bond acceptors (Lipinski definition) is 3. The Balaban J connectivity index is 1.45. The highest BCUT2D eigenvalue weighted by Crippen LogP contribution is 2.15. The van der Waals surface area contributed by atoms with E-state index in [2.05, 4.69) is 27.4 Å². The number of piperidine rings is 2. The van der Waals surface area contributed by atoms with Crippen molar-refractivity contribution in [2.24, 2.45) is 5.92 Å². The number of nitrogens with one attached hydrogen (secondary N) is 2. The van der Waals surface area contributed by atoms with Crippen molar-refractivity contribution in [2.45, 2.75) is 39.0 Å². The van der Waals surface area contributed by atoms with E-state index in [1.54, 1.807) is 0 Å². The molecule has 2 aliphatic rings. The van der Waals surface area contributed by atoms with Gasteiger partial charge in [-0.15, -0.1) is 0 Å². The van der Waals surface area contributed by atoms with Crippen LogP contribution in [0.4, 0.5) is 4.79 Å². The first kappa shape index (κ1) is 16.6. The van der Waals surface area contributed by atoms with Crippen LogP contribution in [0.3, 0.4) is 0 Å². The van der Waals surface area contributed by atoms with Crippen LogP contribution in [0.2, 0.25) is 0 Å². The lowest BCUT2D eigenvalue weighted by atomic mass is 9.99. The average molecular weight is 296 g/mol. The first-order valence-corrected chi connectivity index (χ1v) is 8.70. The van der Waals surface area contributed by atoms with Crippen molar-refractivity contribution >= 4 is 6.03 Å². The summed E-state index contributed by atoms with van der Waals surface area (Å²) < 4.78 is 0. The molecule has 0 spiro atoms. The van der Waals surface area contributed by atoms with Crippen LogP contribution in [-0.4, -0.2) is 68.2 Å². The molecule has 0 aliphatic carbocycles. The summed E-state index contributed by atoms with van der Waals surface area (Å²) in [5, 5.41) is 5.93. The van der Waals surface area contributed by atoms with Gasteiger partial charge >= 0.3 is 6.03 Å². The van der Waals surface area contributed by atoms with Crippen molar-refractivity contribution in [3.8, 4) is 0 Å². The smallest absolute Gasteiger partial charge is 0.314 e. The van der Waals surface area contributed by atoms with Crippen molar-refractivity contribution in [1.29, 1.82) is 0 Å². The number of hydrogen-bond donors (Lipinski definition) is 2. The molecule has 2 saturated heterocycles. The van der Waals surface area contributed by atoms with Gasteiger partial charge < -0.3 is 20.4 Å². The zero-order valence-electron chi connectivity index (χ0n) is 13.6. The highest BCUT2D eigenvalue weighted by Gasteiger charge is 2.15. The van der Waals surface area contributed by atoms with E-state index in [1.807, 2.05) is 0 Å². The fraction of sp³-hybridized carbons (Fsp3) is 0.938. The van der Waals surface area contributed by atoms with Crippen molar-refractivity contribution in [1.82, 2.24) is 20.4 Å². The number of nitrogens with zero attached hydrogens (tertiary/aromatic N) is 2. The third kappa shape index (κ3) is 6.66. The second kappa shape index (κ2) is 9.26. The summed E-state index contributed by atoms with van der Waals surface area (Å²) in [5.41, 5.74) is 0. The van der Waals surface area contributed by atoms with Crippen LogP contribution in [0.15, 0.2) is 0 Å². The minimum Gasteiger partial charge on any atom is -0.337 e. The molecule has 0 radical (unpaired) electrons. The van der Waals surface area contributed by atoms with E-state index in [9.17, 15) is 4.79 Å². The number of rotatable bonds is 6. The molecule has 0 atom stereocenters. The third-order valence-electron chi connectivity index (χ3n) is 4.75.